The van der Waals surface area contributed by atoms with Crippen LogP contribution in [0.5, 0.6) is 0 Å². The second-order valence-corrected chi connectivity index (χ2v) is 8.02. The Balaban J connectivity index is 1.73. The first-order valence-electron chi connectivity index (χ1n) is 9.04. The van der Waals surface area contributed by atoms with Crippen molar-refractivity contribution in [1.29, 1.82) is 0 Å². The van der Waals surface area contributed by atoms with Crippen molar-refractivity contribution >= 4 is 17.2 Å². The molecule has 0 fully saturated rings. The Kier molecular flexibility index (Phi) is 5.94. The minimum Gasteiger partial charge on any atom is -0.345 e. The maximum Gasteiger partial charge on any atom is 0.228 e. The number of hydrogen-bond acceptors (Lipinski definition) is 2. The van der Waals surface area contributed by atoms with Crippen LogP contribution in [0.2, 0.25) is 0 Å². The normalized spacial score (nSPS) is 11.1. The van der Waals surface area contributed by atoms with E-state index in [-0.39, 0.29) is 11.9 Å². The molecule has 4 heteroatoms. The molecule has 0 saturated heterocycles. The molecular weight excluding hydrogens is 340 g/mol. The summed E-state index contributed by atoms with van der Waals surface area (Å²) >= 11 is 1.64. The number of aryl methyl sites for hydroxylation is 1. The largest absolute Gasteiger partial charge is 0.345 e. The monoisotopic (exact) mass is 366 g/mol. The number of carbonyl (C=O) groups is 1. The molecule has 3 aromatic rings. The number of carbonyl (C=O) groups excluding carboxylic acids is 1. The Morgan fingerprint density at radius 1 is 1.15 bits per heavy atom. The van der Waals surface area contributed by atoms with E-state index in [0.29, 0.717) is 13.0 Å². The van der Waals surface area contributed by atoms with Crippen molar-refractivity contribution in [2.75, 3.05) is 0 Å². The van der Waals surface area contributed by atoms with Crippen molar-refractivity contribution in [3.05, 3.63) is 81.8 Å². The van der Waals surface area contributed by atoms with E-state index in [9.17, 15) is 4.79 Å². The fourth-order valence-electron chi connectivity index (χ4n) is 3.15. The Labute approximate surface area is 159 Å². The first-order chi connectivity index (χ1) is 12.5. The predicted molar refractivity (Wildman–Crippen MR) is 108 cm³/mol. The highest BCUT2D eigenvalue weighted by Gasteiger charge is 2.19. The van der Waals surface area contributed by atoms with Gasteiger partial charge in [0, 0.05) is 29.4 Å². The van der Waals surface area contributed by atoms with Gasteiger partial charge < -0.3 is 9.47 Å². The van der Waals surface area contributed by atoms with Gasteiger partial charge in [0.2, 0.25) is 5.91 Å². The van der Waals surface area contributed by atoms with Gasteiger partial charge in [0.05, 0.1) is 13.0 Å². The first-order valence-corrected chi connectivity index (χ1v) is 9.92. The van der Waals surface area contributed by atoms with Crippen LogP contribution < -0.4 is 0 Å². The van der Waals surface area contributed by atoms with Gasteiger partial charge in [-0.05, 0) is 49.9 Å². The highest BCUT2D eigenvalue weighted by atomic mass is 32.1. The molecule has 2 aromatic heterocycles. The number of hydrogen-bond donors (Lipinski definition) is 0. The summed E-state index contributed by atoms with van der Waals surface area (Å²) in [5, 5.41) is 2.02. The lowest BCUT2D eigenvalue weighted by Gasteiger charge is -2.27. The van der Waals surface area contributed by atoms with Gasteiger partial charge in [0.25, 0.3) is 0 Å². The average molecular weight is 367 g/mol. The third kappa shape index (κ3) is 4.64. The van der Waals surface area contributed by atoms with Gasteiger partial charge in [-0.1, -0.05) is 35.9 Å². The van der Waals surface area contributed by atoms with Gasteiger partial charge in [-0.3, -0.25) is 4.79 Å². The van der Waals surface area contributed by atoms with Crippen LogP contribution in [-0.2, 0) is 24.3 Å². The molecule has 0 spiro atoms. The summed E-state index contributed by atoms with van der Waals surface area (Å²) in [5.74, 6) is 0.186. The van der Waals surface area contributed by atoms with E-state index in [1.807, 2.05) is 22.4 Å². The average Bonchev–Trinajstić information content (AvgIpc) is 3.24. The second-order valence-electron chi connectivity index (χ2n) is 6.99. The van der Waals surface area contributed by atoms with Crippen molar-refractivity contribution in [1.82, 2.24) is 9.47 Å². The molecule has 0 N–H and O–H groups in total. The lowest BCUT2D eigenvalue weighted by Crippen LogP contribution is -2.37. The zero-order valence-corrected chi connectivity index (χ0v) is 16.5. The van der Waals surface area contributed by atoms with Crippen molar-refractivity contribution < 1.29 is 4.79 Å². The molecule has 26 heavy (non-hydrogen) atoms. The molecular formula is C22H26N2OS. The Hall–Kier alpha value is -2.33. The lowest BCUT2D eigenvalue weighted by atomic mass is 10.1. The standard InChI is InChI=1S/C22H26N2OS/c1-17(2)24(22(25)14-21-10-6-12-26-21)16-20-9-5-11-23(20)15-19-8-4-7-18(3)13-19/h4-13,17H,14-16H2,1-3H3. The molecule has 0 unspecified atom stereocenters. The Morgan fingerprint density at radius 3 is 2.69 bits per heavy atom. The van der Waals surface area contributed by atoms with Crippen LogP contribution in [0.25, 0.3) is 0 Å². The van der Waals surface area contributed by atoms with Gasteiger partial charge in [-0.15, -0.1) is 11.3 Å². The molecule has 0 saturated carbocycles. The number of benzene rings is 1. The van der Waals surface area contributed by atoms with Gasteiger partial charge in [0.15, 0.2) is 0 Å². The molecule has 0 aliphatic rings. The lowest BCUT2D eigenvalue weighted by molar-refractivity contribution is -0.132. The molecule has 3 nitrogen and oxygen atoms in total. The minimum atomic E-state index is 0.171. The van der Waals surface area contributed by atoms with Crippen LogP contribution >= 0.6 is 11.3 Å². The summed E-state index contributed by atoms with van der Waals surface area (Å²) in [6.07, 6.45) is 2.58. The minimum absolute atomic E-state index is 0.171. The second kappa shape index (κ2) is 8.37. The van der Waals surface area contributed by atoms with Crippen molar-refractivity contribution in [3.63, 3.8) is 0 Å². The maximum absolute atomic E-state index is 12.8. The number of thiophene rings is 1. The van der Waals surface area contributed by atoms with Crippen LogP contribution in [0.1, 0.15) is 35.5 Å². The SMILES string of the molecule is Cc1cccc(Cn2cccc2CN(C(=O)Cc2cccs2)C(C)C)c1. The van der Waals surface area contributed by atoms with Crippen LogP contribution in [-0.4, -0.2) is 21.4 Å². The van der Waals surface area contributed by atoms with E-state index < -0.39 is 0 Å². The van der Waals surface area contributed by atoms with Crippen molar-refractivity contribution in [2.45, 2.75) is 46.3 Å². The van der Waals surface area contributed by atoms with Gasteiger partial charge in [-0.25, -0.2) is 0 Å². The Morgan fingerprint density at radius 2 is 2.00 bits per heavy atom. The summed E-state index contributed by atoms with van der Waals surface area (Å²) in [7, 11) is 0. The summed E-state index contributed by atoms with van der Waals surface area (Å²) < 4.78 is 2.24. The predicted octanol–water partition coefficient (Wildman–Crippen LogP) is 4.89. The molecule has 136 valence electrons. The molecule has 0 atom stereocenters. The van der Waals surface area contributed by atoms with E-state index in [1.165, 1.54) is 16.8 Å². The van der Waals surface area contributed by atoms with E-state index in [1.54, 1.807) is 11.3 Å². The molecule has 2 heterocycles. The molecule has 1 aromatic carbocycles. The fourth-order valence-corrected chi connectivity index (χ4v) is 3.85. The number of rotatable bonds is 7. The molecule has 0 radical (unpaired) electrons. The van der Waals surface area contributed by atoms with Crippen molar-refractivity contribution in [3.8, 4) is 0 Å². The highest BCUT2D eigenvalue weighted by Crippen LogP contribution is 2.16. The number of aromatic nitrogens is 1. The molecule has 3 rings (SSSR count). The number of nitrogens with zero attached hydrogens (tertiary/aromatic N) is 2. The summed E-state index contributed by atoms with van der Waals surface area (Å²) in [4.78, 5) is 15.9. The van der Waals surface area contributed by atoms with Crippen LogP contribution in [0.4, 0.5) is 0 Å². The highest BCUT2D eigenvalue weighted by molar-refractivity contribution is 7.10. The van der Waals surface area contributed by atoms with E-state index in [0.717, 1.165) is 11.4 Å². The molecule has 1 amide bonds. The van der Waals surface area contributed by atoms with Gasteiger partial charge >= 0.3 is 0 Å². The maximum atomic E-state index is 12.8. The summed E-state index contributed by atoms with van der Waals surface area (Å²) in [5.41, 5.74) is 3.72. The topological polar surface area (TPSA) is 25.2 Å². The molecule has 0 aliphatic heterocycles. The first kappa shape index (κ1) is 18.5. The van der Waals surface area contributed by atoms with Gasteiger partial charge in [-0.2, -0.15) is 0 Å². The van der Waals surface area contributed by atoms with Crippen molar-refractivity contribution in [2.24, 2.45) is 0 Å². The summed E-state index contributed by atoms with van der Waals surface area (Å²) in [6, 6.07) is 17.0. The zero-order chi connectivity index (χ0) is 18.5. The quantitative estimate of drug-likeness (QED) is 0.585. The van der Waals surface area contributed by atoms with Crippen LogP contribution in [0, 0.1) is 6.92 Å². The third-order valence-electron chi connectivity index (χ3n) is 4.54. The molecule has 0 aliphatic carbocycles. The fraction of sp³-hybridized carbons (Fsp3) is 0.318. The number of amides is 1. The third-order valence-corrected chi connectivity index (χ3v) is 5.42. The smallest absolute Gasteiger partial charge is 0.228 e. The summed E-state index contributed by atoms with van der Waals surface area (Å²) in [6.45, 7) is 7.75. The van der Waals surface area contributed by atoms with E-state index >= 15 is 0 Å². The van der Waals surface area contributed by atoms with E-state index in [4.69, 9.17) is 0 Å². The molecule has 0 bridgehead atoms. The van der Waals surface area contributed by atoms with Crippen LogP contribution in [0.15, 0.2) is 60.1 Å². The zero-order valence-electron chi connectivity index (χ0n) is 15.7. The van der Waals surface area contributed by atoms with Crippen LogP contribution in [0.3, 0.4) is 0 Å². The van der Waals surface area contributed by atoms with Gasteiger partial charge in [0.1, 0.15) is 0 Å². The van der Waals surface area contributed by atoms with E-state index in [2.05, 4.69) is 67.9 Å². The Bertz CT molecular complexity index is 849.